The van der Waals surface area contributed by atoms with Gasteiger partial charge in [-0.25, -0.2) is 5.84 Å². The van der Waals surface area contributed by atoms with Crippen molar-refractivity contribution in [2.75, 3.05) is 0 Å². The van der Waals surface area contributed by atoms with Gasteiger partial charge in [-0.15, -0.1) is 0 Å². The Hall–Kier alpha value is -0.570. The van der Waals surface area contributed by atoms with Crippen molar-refractivity contribution in [1.82, 2.24) is 5.43 Å². The zero-order valence-corrected chi connectivity index (χ0v) is 9.42. The first-order valence-electron chi connectivity index (χ1n) is 5.86. The Balaban J connectivity index is 2.51. The molecule has 0 amide bonds. The van der Waals surface area contributed by atoms with Gasteiger partial charge in [0.05, 0.1) is 6.04 Å². The lowest BCUT2D eigenvalue weighted by atomic mass is 9.97. The van der Waals surface area contributed by atoms with Crippen LogP contribution in [0, 0.1) is 5.92 Å². The summed E-state index contributed by atoms with van der Waals surface area (Å²) in [6, 6.07) is 0.567. The highest BCUT2D eigenvalue weighted by atomic mass is 15.3. The highest BCUT2D eigenvalue weighted by molar-refractivity contribution is 5.84. The molecule has 0 aromatic heterocycles. The fraction of sp³-hybridized carbons (Fsp3) is 0.909. The molecular weight excluding hydrogens is 174 g/mol. The van der Waals surface area contributed by atoms with Gasteiger partial charge in [-0.05, 0) is 25.7 Å². The van der Waals surface area contributed by atoms with Crippen molar-refractivity contribution in [2.45, 2.75) is 58.4 Å². The van der Waals surface area contributed by atoms with Crippen molar-refractivity contribution in [3.8, 4) is 0 Å². The number of nitrogens with one attached hydrogen (secondary N) is 1. The van der Waals surface area contributed by atoms with Gasteiger partial charge in [-0.1, -0.05) is 26.7 Å². The second kappa shape index (κ2) is 6.02. The molecule has 0 bridgehead atoms. The van der Waals surface area contributed by atoms with Crippen LogP contribution in [0.4, 0.5) is 0 Å². The predicted octanol–water partition coefficient (Wildman–Crippen LogP) is 2.23. The van der Waals surface area contributed by atoms with E-state index in [1.54, 1.807) is 0 Å². The summed E-state index contributed by atoms with van der Waals surface area (Å²) in [7, 11) is 0. The molecule has 0 heterocycles. The Morgan fingerprint density at radius 1 is 1.36 bits per heavy atom. The standard InChI is InChI=1S/C11H23N3/c1-3-5-9(6-4-2)11(14-12)13-10-7-8-10/h9-10H,3-8,12H2,1-2H3,(H,13,14). The quantitative estimate of drug-likeness (QED) is 0.297. The Kier molecular flexibility index (Phi) is 4.94. The van der Waals surface area contributed by atoms with Crippen LogP contribution in [0.25, 0.3) is 0 Å². The first kappa shape index (κ1) is 11.5. The molecule has 0 aromatic carbocycles. The van der Waals surface area contributed by atoms with Crippen molar-refractivity contribution in [1.29, 1.82) is 0 Å². The summed E-state index contributed by atoms with van der Waals surface area (Å²) in [5, 5.41) is 0. The number of hydrogen-bond acceptors (Lipinski definition) is 2. The van der Waals surface area contributed by atoms with E-state index in [-0.39, 0.29) is 0 Å². The lowest BCUT2D eigenvalue weighted by Crippen LogP contribution is -2.36. The van der Waals surface area contributed by atoms with E-state index in [0.717, 1.165) is 5.84 Å². The van der Waals surface area contributed by atoms with Gasteiger partial charge in [-0.2, -0.15) is 0 Å². The lowest BCUT2D eigenvalue weighted by molar-refractivity contribution is 0.542. The maximum atomic E-state index is 5.53. The van der Waals surface area contributed by atoms with Crippen LogP contribution in [-0.2, 0) is 0 Å². The van der Waals surface area contributed by atoms with Crippen LogP contribution in [0.2, 0.25) is 0 Å². The van der Waals surface area contributed by atoms with E-state index in [1.165, 1.54) is 38.5 Å². The highest BCUT2D eigenvalue weighted by Gasteiger charge is 2.23. The average molecular weight is 197 g/mol. The molecular formula is C11H23N3. The molecule has 1 aliphatic rings. The predicted molar refractivity (Wildman–Crippen MR) is 61.1 cm³/mol. The number of amidine groups is 1. The maximum absolute atomic E-state index is 5.53. The van der Waals surface area contributed by atoms with Crippen molar-refractivity contribution in [2.24, 2.45) is 16.8 Å². The molecule has 14 heavy (non-hydrogen) atoms. The van der Waals surface area contributed by atoms with Crippen LogP contribution < -0.4 is 11.3 Å². The van der Waals surface area contributed by atoms with E-state index in [2.05, 4.69) is 24.3 Å². The van der Waals surface area contributed by atoms with Gasteiger partial charge in [0.15, 0.2) is 0 Å². The molecule has 3 heteroatoms. The van der Waals surface area contributed by atoms with Gasteiger partial charge < -0.3 is 5.43 Å². The van der Waals surface area contributed by atoms with Crippen LogP contribution in [-0.4, -0.2) is 11.9 Å². The van der Waals surface area contributed by atoms with E-state index >= 15 is 0 Å². The summed E-state index contributed by atoms with van der Waals surface area (Å²) in [5.74, 6) is 7.12. The van der Waals surface area contributed by atoms with E-state index in [9.17, 15) is 0 Å². The molecule has 0 radical (unpaired) electrons. The molecule has 0 spiro atoms. The highest BCUT2D eigenvalue weighted by Crippen LogP contribution is 2.25. The van der Waals surface area contributed by atoms with Crippen LogP contribution in [0.3, 0.4) is 0 Å². The molecule has 1 saturated carbocycles. The van der Waals surface area contributed by atoms with Gasteiger partial charge >= 0.3 is 0 Å². The third kappa shape index (κ3) is 3.66. The second-order valence-electron chi connectivity index (χ2n) is 4.16. The molecule has 1 rings (SSSR count). The van der Waals surface area contributed by atoms with Gasteiger partial charge in [-0.3, -0.25) is 4.99 Å². The minimum absolute atomic E-state index is 0.551. The number of rotatable bonds is 6. The normalized spacial score (nSPS) is 17.6. The average Bonchev–Trinajstić information content (AvgIpc) is 2.98. The molecule has 0 atom stereocenters. The summed E-state index contributed by atoms with van der Waals surface area (Å²) in [6.45, 7) is 4.43. The summed E-state index contributed by atoms with van der Waals surface area (Å²) in [5.41, 5.74) is 2.79. The molecule has 3 nitrogen and oxygen atoms in total. The van der Waals surface area contributed by atoms with E-state index in [0.29, 0.717) is 12.0 Å². The zero-order chi connectivity index (χ0) is 10.4. The summed E-state index contributed by atoms with van der Waals surface area (Å²) < 4.78 is 0. The number of hydrazine groups is 1. The van der Waals surface area contributed by atoms with Gasteiger partial charge in [0.2, 0.25) is 0 Å². The molecule has 82 valence electrons. The third-order valence-electron chi connectivity index (χ3n) is 2.68. The largest absolute Gasteiger partial charge is 0.312 e. The number of aliphatic imine (C=N–C) groups is 1. The van der Waals surface area contributed by atoms with Gasteiger partial charge in [0, 0.05) is 5.92 Å². The van der Waals surface area contributed by atoms with Gasteiger partial charge in [0.1, 0.15) is 5.84 Å². The van der Waals surface area contributed by atoms with Crippen LogP contribution in [0.15, 0.2) is 4.99 Å². The SMILES string of the molecule is CCCC(CCC)C(=NC1CC1)NN. The first-order chi connectivity index (χ1) is 6.81. The fourth-order valence-corrected chi connectivity index (χ4v) is 1.78. The number of nitrogens with two attached hydrogens (primary N) is 1. The fourth-order valence-electron chi connectivity index (χ4n) is 1.78. The maximum Gasteiger partial charge on any atom is 0.114 e. The van der Waals surface area contributed by atoms with Crippen LogP contribution in [0.5, 0.6) is 0 Å². The molecule has 3 N–H and O–H groups in total. The monoisotopic (exact) mass is 197 g/mol. The van der Waals surface area contributed by atoms with E-state index in [4.69, 9.17) is 5.84 Å². The molecule has 0 aliphatic heterocycles. The van der Waals surface area contributed by atoms with E-state index in [1.807, 2.05) is 0 Å². The third-order valence-corrected chi connectivity index (χ3v) is 2.68. The Morgan fingerprint density at radius 3 is 2.29 bits per heavy atom. The smallest absolute Gasteiger partial charge is 0.114 e. The lowest BCUT2D eigenvalue weighted by Gasteiger charge is -2.17. The summed E-state index contributed by atoms with van der Waals surface area (Å²) >= 11 is 0. The summed E-state index contributed by atoms with van der Waals surface area (Å²) in [6.07, 6.45) is 7.30. The minimum atomic E-state index is 0.551. The zero-order valence-electron chi connectivity index (χ0n) is 9.42. The van der Waals surface area contributed by atoms with Crippen molar-refractivity contribution < 1.29 is 0 Å². The number of hydrogen-bond donors (Lipinski definition) is 2. The van der Waals surface area contributed by atoms with E-state index < -0.39 is 0 Å². The molecule has 1 aliphatic carbocycles. The first-order valence-corrected chi connectivity index (χ1v) is 5.86. The molecule has 0 saturated heterocycles. The van der Waals surface area contributed by atoms with Crippen LogP contribution >= 0.6 is 0 Å². The molecule has 0 unspecified atom stereocenters. The van der Waals surface area contributed by atoms with Crippen molar-refractivity contribution >= 4 is 5.84 Å². The minimum Gasteiger partial charge on any atom is -0.312 e. The second-order valence-corrected chi connectivity index (χ2v) is 4.16. The Morgan fingerprint density at radius 2 is 1.93 bits per heavy atom. The van der Waals surface area contributed by atoms with Gasteiger partial charge in [0.25, 0.3) is 0 Å². The number of nitrogens with zero attached hydrogens (tertiary/aromatic N) is 1. The summed E-state index contributed by atoms with van der Waals surface area (Å²) in [4.78, 5) is 4.62. The molecule has 0 aromatic rings. The van der Waals surface area contributed by atoms with Crippen LogP contribution in [0.1, 0.15) is 52.4 Å². The Labute approximate surface area is 87.1 Å². The Bertz CT molecular complexity index is 179. The molecule has 1 fully saturated rings. The van der Waals surface area contributed by atoms with Crippen molar-refractivity contribution in [3.05, 3.63) is 0 Å². The topological polar surface area (TPSA) is 50.4 Å². The van der Waals surface area contributed by atoms with Crippen molar-refractivity contribution in [3.63, 3.8) is 0 Å².